The summed E-state index contributed by atoms with van der Waals surface area (Å²) in [5.41, 5.74) is -1.04. The zero-order valence-electron chi connectivity index (χ0n) is 22.0. The van der Waals surface area contributed by atoms with Crippen molar-refractivity contribution in [3.05, 3.63) is 35.1 Å². The Morgan fingerprint density at radius 3 is 2.53 bits per heavy atom. The maximum atomic E-state index is 13.3. The number of carbonyl (C=O) groups excluding carboxylic acids is 3. The van der Waals surface area contributed by atoms with E-state index in [1.807, 2.05) is 25.8 Å². The molecule has 3 N–H and O–H groups in total. The second-order valence-electron chi connectivity index (χ2n) is 10.5. The van der Waals surface area contributed by atoms with E-state index in [1.165, 1.54) is 19.1 Å². The van der Waals surface area contributed by atoms with Crippen molar-refractivity contribution in [3.63, 3.8) is 0 Å². The van der Waals surface area contributed by atoms with E-state index in [0.717, 1.165) is 12.5 Å². The van der Waals surface area contributed by atoms with Gasteiger partial charge in [-0.25, -0.2) is 4.79 Å². The minimum atomic E-state index is -1.89. The molecule has 1 aromatic rings. The van der Waals surface area contributed by atoms with Crippen LogP contribution in [0.25, 0.3) is 0 Å². The van der Waals surface area contributed by atoms with Gasteiger partial charge in [0.25, 0.3) is 0 Å². The number of rotatable bonds is 7. The van der Waals surface area contributed by atoms with Gasteiger partial charge in [-0.1, -0.05) is 6.07 Å². The first-order chi connectivity index (χ1) is 17.7. The number of phenolic OH excluding ortho intramolecular Hbond substituents is 1. The topological polar surface area (TPSA) is 160 Å². The highest BCUT2D eigenvalue weighted by molar-refractivity contribution is 5.89. The normalized spacial score (nSPS) is 29.5. The third-order valence-corrected chi connectivity index (χ3v) is 8.26. The van der Waals surface area contributed by atoms with Crippen LogP contribution in [0.3, 0.4) is 0 Å². The molecule has 1 fully saturated rings. The average molecular weight is 532 g/mol. The highest BCUT2D eigenvalue weighted by Crippen LogP contribution is 2.62. The number of aliphatic carboxylic acids is 1. The summed E-state index contributed by atoms with van der Waals surface area (Å²) in [5, 5.41) is 32.6. The van der Waals surface area contributed by atoms with Crippen molar-refractivity contribution >= 4 is 23.7 Å². The van der Waals surface area contributed by atoms with E-state index in [-0.39, 0.29) is 29.7 Å². The molecule has 2 heterocycles. The summed E-state index contributed by atoms with van der Waals surface area (Å²) < 4.78 is 16.9. The fraction of sp³-hybridized carbons (Fsp3) is 0.556. The number of likely N-dealkylation sites (tertiary alicyclic amines) is 1. The highest BCUT2D eigenvalue weighted by atomic mass is 16.6. The maximum Gasteiger partial charge on any atom is 0.353 e. The molecular formula is C27H33NO10. The third kappa shape index (κ3) is 4.14. The molecule has 1 saturated heterocycles. The number of aliphatic hydroxyl groups is 1. The van der Waals surface area contributed by atoms with Gasteiger partial charge in [0, 0.05) is 31.4 Å². The van der Waals surface area contributed by atoms with E-state index in [2.05, 4.69) is 0 Å². The molecule has 11 nitrogen and oxygen atoms in total. The van der Waals surface area contributed by atoms with E-state index in [1.54, 1.807) is 6.07 Å². The number of phenols is 1. The van der Waals surface area contributed by atoms with Gasteiger partial charge in [-0.2, -0.15) is 0 Å². The van der Waals surface area contributed by atoms with Crippen LogP contribution in [0.5, 0.6) is 11.5 Å². The number of ether oxygens (including phenoxy) is 3. The van der Waals surface area contributed by atoms with Crippen LogP contribution >= 0.6 is 0 Å². The SMILES string of the molecule is CC(=O)C[C@H](C(=O)O)[C@H](OC(C)=O)C(=O)OC1=CC[C@@]2(O)[C@@H](C)N(C)CC[C@@]23c2c(C)ccc(O)c2O[C@@H]13. The van der Waals surface area contributed by atoms with Gasteiger partial charge in [-0.3, -0.25) is 14.4 Å². The number of carbonyl (C=O) groups is 4. The molecule has 0 amide bonds. The molecule has 4 rings (SSSR count). The van der Waals surface area contributed by atoms with Crippen molar-refractivity contribution in [2.24, 2.45) is 5.92 Å². The fourth-order valence-corrected chi connectivity index (χ4v) is 6.29. The number of hydrogen-bond acceptors (Lipinski definition) is 10. The number of hydrogen-bond donors (Lipinski definition) is 3. The number of carboxylic acids is 1. The minimum absolute atomic E-state index is 0.00976. The Hall–Kier alpha value is -3.44. The number of fused-ring (bicyclic) bond motifs is 1. The molecule has 6 atom stereocenters. The van der Waals surface area contributed by atoms with Crippen LogP contribution in [0.15, 0.2) is 24.0 Å². The molecular weight excluding hydrogens is 498 g/mol. The van der Waals surface area contributed by atoms with E-state index >= 15 is 0 Å². The molecule has 1 spiro atoms. The molecule has 3 aliphatic rings. The molecule has 0 aromatic heterocycles. The van der Waals surface area contributed by atoms with E-state index < -0.39 is 59.3 Å². The molecule has 11 heteroatoms. The predicted molar refractivity (Wildman–Crippen MR) is 131 cm³/mol. The van der Waals surface area contributed by atoms with Crippen molar-refractivity contribution in [1.29, 1.82) is 0 Å². The van der Waals surface area contributed by atoms with Crippen LogP contribution in [0, 0.1) is 12.8 Å². The van der Waals surface area contributed by atoms with Gasteiger partial charge in [0.15, 0.2) is 17.6 Å². The number of Topliss-reactive ketones (excluding diaryl/α,β-unsaturated/α-hetero) is 1. The van der Waals surface area contributed by atoms with Gasteiger partial charge >= 0.3 is 17.9 Å². The number of ketones is 1. The highest BCUT2D eigenvalue weighted by Gasteiger charge is 2.69. The molecule has 1 aromatic carbocycles. The number of aromatic hydroxyl groups is 1. The number of aryl methyl sites for hydroxylation is 1. The number of benzene rings is 1. The van der Waals surface area contributed by atoms with Crippen LogP contribution in [0.2, 0.25) is 0 Å². The van der Waals surface area contributed by atoms with Gasteiger partial charge in [0.1, 0.15) is 17.5 Å². The van der Waals surface area contributed by atoms with Crippen LogP contribution in [0.1, 0.15) is 51.2 Å². The zero-order chi connectivity index (χ0) is 28.2. The molecule has 0 radical (unpaired) electrons. The molecule has 2 aliphatic heterocycles. The second-order valence-corrected chi connectivity index (χ2v) is 10.5. The lowest BCUT2D eigenvalue weighted by molar-refractivity contribution is -0.178. The van der Waals surface area contributed by atoms with Gasteiger partial charge in [0.05, 0.1) is 11.0 Å². The average Bonchev–Trinajstić information content (AvgIpc) is 3.20. The monoisotopic (exact) mass is 531 g/mol. The van der Waals surface area contributed by atoms with Crippen molar-refractivity contribution in [3.8, 4) is 11.5 Å². The summed E-state index contributed by atoms with van der Waals surface area (Å²) in [6.07, 6.45) is -1.47. The molecule has 0 unspecified atom stereocenters. The summed E-state index contributed by atoms with van der Waals surface area (Å²) >= 11 is 0. The summed E-state index contributed by atoms with van der Waals surface area (Å²) in [6.45, 7) is 6.51. The quantitative estimate of drug-likeness (QED) is 0.439. The Labute approximate surface area is 220 Å². The van der Waals surface area contributed by atoms with Crippen molar-refractivity contribution < 1.29 is 48.7 Å². The minimum Gasteiger partial charge on any atom is -0.504 e. The second kappa shape index (κ2) is 9.70. The number of piperidine rings is 1. The van der Waals surface area contributed by atoms with Gasteiger partial charge in [-0.15, -0.1) is 0 Å². The van der Waals surface area contributed by atoms with Crippen molar-refractivity contribution in [1.82, 2.24) is 4.90 Å². The number of likely N-dealkylation sites (N-methyl/N-ethyl adjacent to an activating group) is 1. The lowest BCUT2D eigenvalue weighted by Crippen LogP contribution is -2.71. The molecule has 0 saturated carbocycles. The Morgan fingerprint density at radius 1 is 1.24 bits per heavy atom. The van der Waals surface area contributed by atoms with Crippen LogP contribution in [-0.4, -0.2) is 81.4 Å². The maximum absolute atomic E-state index is 13.3. The first kappa shape index (κ1) is 27.6. The molecule has 38 heavy (non-hydrogen) atoms. The third-order valence-electron chi connectivity index (χ3n) is 8.26. The lowest BCUT2D eigenvalue weighted by Gasteiger charge is -2.58. The number of esters is 2. The molecule has 1 aliphatic carbocycles. The summed E-state index contributed by atoms with van der Waals surface area (Å²) in [5.74, 6) is -5.69. The summed E-state index contributed by atoms with van der Waals surface area (Å²) in [7, 11) is 1.90. The predicted octanol–water partition coefficient (Wildman–Crippen LogP) is 1.60. The fourth-order valence-electron chi connectivity index (χ4n) is 6.29. The summed E-state index contributed by atoms with van der Waals surface area (Å²) in [4.78, 5) is 50.7. The zero-order valence-corrected chi connectivity index (χ0v) is 22.0. The largest absolute Gasteiger partial charge is 0.504 e. The Bertz CT molecular complexity index is 1220. The first-order valence-electron chi connectivity index (χ1n) is 12.5. The van der Waals surface area contributed by atoms with Crippen LogP contribution in [0.4, 0.5) is 0 Å². The number of carboxylic acid groups (broad SMARTS) is 1. The van der Waals surface area contributed by atoms with Crippen molar-refractivity contribution in [2.75, 3.05) is 13.6 Å². The van der Waals surface area contributed by atoms with Gasteiger partial charge in [-0.05, 0) is 58.5 Å². The van der Waals surface area contributed by atoms with Crippen molar-refractivity contribution in [2.45, 2.75) is 76.2 Å². The Kier molecular flexibility index (Phi) is 7.04. The van der Waals surface area contributed by atoms with E-state index in [0.29, 0.717) is 18.5 Å². The smallest absolute Gasteiger partial charge is 0.353 e. The summed E-state index contributed by atoms with van der Waals surface area (Å²) in [6, 6.07) is 2.90. The van der Waals surface area contributed by atoms with Gasteiger partial charge in [0.2, 0.25) is 6.10 Å². The standard InChI is InChI=1S/C27H33NO10/c1-13-6-7-18(31)22-20(13)26-10-11-28(5)15(3)27(26,35)9-8-19(23(26)38-22)37-25(34)21(36-16(4)30)17(24(32)33)12-14(2)29/h6-8,15,17,21,23,31,35H,9-12H2,1-5H3,(H,32,33)/t15-,17+,21+,23+,26+,27-/m1/s1. The lowest BCUT2D eigenvalue weighted by atomic mass is 9.54. The molecule has 0 bridgehead atoms. The number of nitrogens with zero attached hydrogens (tertiary/aromatic N) is 1. The van der Waals surface area contributed by atoms with Crippen LogP contribution in [-0.2, 0) is 34.1 Å². The Balaban J connectivity index is 1.78. The van der Waals surface area contributed by atoms with Crippen LogP contribution < -0.4 is 4.74 Å². The first-order valence-corrected chi connectivity index (χ1v) is 12.5. The Morgan fingerprint density at radius 2 is 1.92 bits per heavy atom. The molecule has 206 valence electrons. The van der Waals surface area contributed by atoms with E-state index in [4.69, 9.17) is 14.2 Å². The van der Waals surface area contributed by atoms with Gasteiger partial charge < -0.3 is 34.4 Å². The van der Waals surface area contributed by atoms with E-state index in [9.17, 15) is 34.5 Å².